The zero-order chi connectivity index (χ0) is 18.6. The lowest BCUT2D eigenvalue weighted by Gasteiger charge is -2.56. The van der Waals surface area contributed by atoms with E-state index in [-0.39, 0.29) is 23.4 Å². The highest BCUT2D eigenvalue weighted by Gasteiger charge is 2.56. The molecule has 4 saturated carbocycles. The zero-order valence-electron chi connectivity index (χ0n) is 16.7. The molecule has 0 aromatic rings. The number of nitrogens with one attached hydrogen (secondary N) is 2. The molecule has 2 aliphatic heterocycles. The summed E-state index contributed by atoms with van der Waals surface area (Å²) in [7, 11) is 0. The SMILES string of the molecule is CC1CCNCC1NC(=O)C1CCCN1C(=O)C12CC3CC(CC(C3)C1)C2. The van der Waals surface area contributed by atoms with Crippen molar-refractivity contribution in [2.24, 2.45) is 29.1 Å². The predicted octanol–water partition coefficient (Wildman–Crippen LogP) is 2.31. The molecule has 0 spiro atoms. The van der Waals surface area contributed by atoms with Crippen molar-refractivity contribution < 1.29 is 9.59 Å². The number of piperidine rings is 1. The topological polar surface area (TPSA) is 61.4 Å². The van der Waals surface area contributed by atoms with Crippen molar-refractivity contribution in [3.05, 3.63) is 0 Å². The van der Waals surface area contributed by atoms with Crippen LogP contribution in [0.15, 0.2) is 0 Å². The van der Waals surface area contributed by atoms with Crippen LogP contribution in [0.5, 0.6) is 0 Å². The lowest BCUT2D eigenvalue weighted by Crippen LogP contribution is -2.59. The molecule has 5 nitrogen and oxygen atoms in total. The summed E-state index contributed by atoms with van der Waals surface area (Å²) in [6.45, 7) is 4.88. The van der Waals surface area contributed by atoms with Crippen molar-refractivity contribution in [1.29, 1.82) is 0 Å². The van der Waals surface area contributed by atoms with Gasteiger partial charge in [-0.15, -0.1) is 0 Å². The summed E-state index contributed by atoms with van der Waals surface area (Å²) in [6.07, 6.45) is 10.2. The van der Waals surface area contributed by atoms with Crippen LogP contribution in [0.4, 0.5) is 0 Å². The molecule has 3 unspecified atom stereocenters. The van der Waals surface area contributed by atoms with Crippen LogP contribution in [-0.2, 0) is 9.59 Å². The highest BCUT2D eigenvalue weighted by molar-refractivity contribution is 5.91. The molecular formula is C22H35N3O2. The molecule has 0 aromatic heterocycles. The van der Waals surface area contributed by atoms with Gasteiger partial charge >= 0.3 is 0 Å². The summed E-state index contributed by atoms with van der Waals surface area (Å²) in [4.78, 5) is 28.8. The van der Waals surface area contributed by atoms with Crippen LogP contribution in [0, 0.1) is 29.1 Å². The summed E-state index contributed by atoms with van der Waals surface area (Å²) < 4.78 is 0. The molecule has 5 heteroatoms. The van der Waals surface area contributed by atoms with Gasteiger partial charge in [-0.3, -0.25) is 9.59 Å². The average molecular weight is 374 g/mol. The van der Waals surface area contributed by atoms with E-state index in [0.29, 0.717) is 11.8 Å². The number of nitrogens with zero attached hydrogens (tertiary/aromatic N) is 1. The Morgan fingerprint density at radius 2 is 1.70 bits per heavy atom. The van der Waals surface area contributed by atoms with E-state index in [0.717, 1.165) is 75.9 Å². The Balaban J connectivity index is 1.29. The molecule has 0 aromatic carbocycles. The summed E-state index contributed by atoms with van der Waals surface area (Å²) in [6, 6.07) is -0.0389. The minimum atomic E-state index is -0.236. The second kappa shape index (κ2) is 6.75. The van der Waals surface area contributed by atoms with Crippen LogP contribution in [-0.4, -0.2) is 48.4 Å². The zero-order valence-corrected chi connectivity index (χ0v) is 16.7. The summed E-state index contributed by atoms with van der Waals surface area (Å²) in [5, 5.41) is 6.66. The fourth-order valence-electron chi connectivity index (χ4n) is 7.42. The van der Waals surface area contributed by atoms with Gasteiger partial charge in [-0.05, 0) is 88.0 Å². The molecule has 0 radical (unpaired) electrons. The van der Waals surface area contributed by atoms with Crippen molar-refractivity contribution in [2.45, 2.75) is 76.8 Å². The molecular weight excluding hydrogens is 338 g/mol. The van der Waals surface area contributed by atoms with Crippen molar-refractivity contribution >= 4 is 11.8 Å². The normalized spacial score (nSPS) is 45.9. The molecule has 2 amide bonds. The van der Waals surface area contributed by atoms with Gasteiger partial charge in [0.2, 0.25) is 11.8 Å². The van der Waals surface area contributed by atoms with Gasteiger partial charge in [0.05, 0.1) is 5.41 Å². The number of likely N-dealkylation sites (tertiary alicyclic amines) is 1. The van der Waals surface area contributed by atoms with Gasteiger partial charge in [-0.2, -0.15) is 0 Å². The summed E-state index contributed by atoms with van der Waals surface area (Å²) in [5.41, 5.74) is -0.128. The Hall–Kier alpha value is -1.10. The van der Waals surface area contributed by atoms with E-state index in [4.69, 9.17) is 0 Å². The van der Waals surface area contributed by atoms with Gasteiger partial charge in [0.15, 0.2) is 0 Å². The molecule has 6 fully saturated rings. The van der Waals surface area contributed by atoms with E-state index < -0.39 is 0 Å². The lowest BCUT2D eigenvalue weighted by atomic mass is 9.49. The molecule has 2 saturated heterocycles. The van der Waals surface area contributed by atoms with E-state index in [9.17, 15) is 9.59 Å². The minimum absolute atomic E-state index is 0.0890. The highest BCUT2D eigenvalue weighted by atomic mass is 16.2. The largest absolute Gasteiger partial charge is 0.350 e. The first kappa shape index (κ1) is 18.0. The number of amides is 2. The fourth-order valence-corrected chi connectivity index (χ4v) is 7.42. The second-order valence-electron chi connectivity index (χ2n) is 10.4. The van der Waals surface area contributed by atoms with E-state index in [1.54, 1.807) is 0 Å². The van der Waals surface area contributed by atoms with Crippen LogP contribution in [0.3, 0.4) is 0 Å². The lowest BCUT2D eigenvalue weighted by molar-refractivity contribution is -0.160. The molecule has 2 heterocycles. The maximum absolute atomic E-state index is 13.7. The molecule has 3 atom stereocenters. The second-order valence-corrected chi connectivity index (χ2v) is 10.4. The molecule has 2 N–H and O–H groups in total. The maximum atomic E-state index is 13.7. The minimum Gasteiger partial charge on any atom is -0.350 e. The van der Waals surface area contributed by atoms with Crippen molar-refractivity contribution in [1.82, 2.24) is 15.5 Å². The predicted molar refractivity (Wildman–Crippen MR) is 104 cm³/mol. The molecule has 27 heavy (non-hydrogen) atoms. The van der Waals surface area contributed by atoms with Gasteiger partial charge in [0.25, 0.3) is 0 Å². The quantitative estimate of drug-likeness (QED) is 0.798. The van der Waals surface area contributed by atoms with Gasteiger partial charge in [0, 0.05) is 19.1 Å². The van der Waals surface area contributed by atoms with Crippen LogP contribution in [0.1, 0.15) is 64.7 Å². The number of rotatable bonds is 3. The van der Waals surface area contributed by atoms with Crippen molar-refractivity contribution in [3.8, 4) is 0 Å². The molecule has 6 rings (SSSR count). The van der Waals surface area contributed by atoms with E-state index >= 15 is 0 Å². The fraction of sp³-hybridized carbons (Fsp3) is 0.909. The van der Waals surface area contributed by atoms with Gasteiger partial charge in [-0.25, -0.2) is 0 Å². The Kier molecular flexibility index (Phi) is 4.49. The molecule has 4 bridgehead atoms. The highest BCUT2D eigenvalue weighted by Crippen LogP contribution is 2.60. The number of carbonyl (C=O) groups is 2. The summed E-state index contributed by atoms with van der Waals surface area (Å²) >= 11 is 0. The molecule has 4 aliphatic carbocycles. The van der Waals surface area contributed by atoms with E-state index in [2.05, 4.69) is 17.6 Å². The molecule has 150 valence electrons. The monoisotopic (exact) mass is 373 g/mol. The Morgan fingerprint density at radius 3 is 2.33 bits per heavy atom. The smallest absolute Gasteiger partial charge is 0.243 e. The summed E-state index contributed by atoms with van der Waals surface area (Å²) in [5.74, 6) is 3.22. The Bertz CT molecular complexity index is 583. The first-order valence-corrected chi connectivity index (χ1v) is 11.4. The third-order valence-corrected chi connectivity index (χ3v) is 8.46. The Morgan fingerprint density at radius 1 is 1.04 bits per heavy atom. The van der Waals surface area contributed by atoms with Gasteiger partial charge in [-0.1, -0.05) is 6.92 Å². The van der Waals surface area contributed by atoms with E-state index in [1.165, 1.54) is 19.3 Å². The Labute approximate surface area is 163 Å². The van der Waals surface area contributed by atoms with Gasteiger partial charge in [0.1, 0.15) is 6.04 Å². The third-order valence-electron chi connectivity index (χ3n) is 8.46. The number of hydrogen-bond acceptors (Lipinski definition) is 3. The third kappa shape index (κ3) is 3.10. The average Bonchev–Trinajstić information content (AvgIpc) is 3.11. The van der Waals surface area contributed by atoms with Crippen LogP contribution >= 0.6 is 0 Å². The van der Waals surface area contributed by atoms with Crippen LogP contribution in [0.25, 0.3) is 0 Å². The number of hydrogen-bond donors (Lipinski definition) is 2. The first-order valence-electron chi connectivity index (χ1n) is 11.4. The van der Waals surface area contributed by atoms with Crippen molar-refractivity contribution in [2.75, 3.05) is 19.6 Å². The van der Waals surface area contributed by atoms with E-state index in [1.807, 2.05) is 4.90 Å². The van der Waals surface area contributed by atoms with Crippen LogP contribution < -0.4 is 10.6 Å². The van der Waals surface area contributed by atoms with Gasteiger partial charge < -0.3 is 15.5 Å². The first-order chi connectivity index (χ1) is 13.0. The number of carbonyl (C=O) groups excluding carboxylic acids is 2. The van der Waals surface area contributed by atoms with Crippen LogP contribution in [0.2, 0.25) is 0 Å². The maximum Gasteiger partial charge on any atom is 0.243 e. The standard InChI is InChI=1S/C22H35N3O2/c1-14-4-5-23-13-18(14)24-20(26)19-3-2-6-25(19)21(27)22-10-15-7-16(11-22)9-17(8-15)12-22/h14-19,23H,2-13H2,1H3,(H,24,26). The molecule has 6 aliphatic rings. The van der Waals surface area contributed by atoms with Crippen molar-refractivity contribution in [3.63, 3.8) is 0 Å².